The Kier molecular flexibility index (Phi) is 6.24. The van der Waals surface area contributed by atoms with Gasteiger partial charge in [0.1, 0.15) is 22.8 Å². The number of rotatable bonds is 5. The topological polar surface area (TPSA) is 79.1 Å². The molecule has 0 aliphatic heterocycles. The molecule has 0 heterocycles. The van der Waals surface area contributed by atoms with Crippen molar-refractivity contribution < 1.29 is 37.3 Å². The van der Waals surface area contributed by atoms with Gasteiger partial charge in [-0.15, -0.1) is 0 Å². The first-order valence-corrected chi connectivity index (χ1v) is 8.94. The fraction of sp³-hybridized carbons (Fsp3) is 0.0909. The Bertz CT molecular complexity index is 1240. The number of aliphatic hydroxyl groups excluding tert-OH is 1. The number of aliphatic hydroxyl groups is 1. The van der Waals surface area contributed by atoms with Crippen LogP contribution in [0.4, 0.5) is 23.2 Å². The first kappa shape index (κ1) is 21.8. The molecular formula is C22H15F4NO4. The van der Waals surface area contributed by atoms with E-state index < -0.39 is 46.1 Å². The lowest BCUT2D eigenvalue weighted by Crippen LogP contribution is -2.12. The van der Waals surface area contributed by atoms with Crippen LogP contribution in [-0.4, -0.2) is 29.0 Å². The average Bonchev–Trinajstić information content (AvgIpc) is 2.76. The maximum absolute atomic E-state index is 14.1. The molecule has 0 spiro atoms. The second kappa shape index (κ2) is 8.86. The van der Waals surface area contributed by atoms with Crippen molar-refractivity contribution >= 4 is 34.4 Å². The lowest BCUT2D eigenvalue weighted by atomic mass is 10.1. The number of hydrogen-bond donors (Lipinski definition) is 2. The van der Waals surface area contributed by atoms with Crippen molar-refractivity contribution in [3.05, 3.63) is 76.9 Å². The van der Waals surface area contributed by atoms with Crippen LogP contribution in [0.5, 0.6) is 5.75 Å². The van der Waals surface area contributed by atoms with E-state index in [0.717, 1.165) is 6.21 Å². The summed E-state index contributed by atoms with van der Waals surface area (Å²) in [4.78, 5) is 16.3. The Morgan fingerprint density at radius 1 is 1.06 bits per heavy atom. The summed E-state index contributed by atoms with van der Waals surface area (Å²) in [7, 11) is 0. The predicted molar refractivity (Wildman–Crippen MR) is 106 cm³/mol. The monoisotopic (exact) mass is 433 g/mol. The van der Waals surface area contributed by atoms with Gasteiger partial charge >= 0.3 is 5.97 Å². The molecule has 0 radical (unpaired) electrons. The highest BCUT2D eigenvalue weighted by molar-refractivity contribution is 6.16. The number of phenols is 1. The second-order valence-corrected chi connectivity index (χ2v) is 6.24. The smallest absolute Gasteiger partial charge is 0.343 e. The highest BCUT2D eigenvalue weighted by Gasteiger charge is 2.25. The van der Waals surface area contributed by atoms with Crippen molar-refractivity contribution in [2.24, 2.45) is 4.99 Å². The number of halogens is 4. The fourth-order valence-corrected chi connectivity index (χ4v) is 2.82. The molecule has 0 amide bonds. The van der Waals surface area contributed by atoms with Crippen LogP contribution in [0.25, 0.3) is 16.5 Å². The third-order valence-corrected chi connectivity index (χ3v) is 4.31. The fourth-order valence-electron chi connectivity index (χ4n) is 2.82. The van der Waals surface area contributed by atoms with Gasteiger partial charge in [-0.3, -0.25) is 4.99 Å². The van der Waals surface area contributed by atoms with Crippen LogP contribution in [0.2, 0.25) is 0 Å². The van der Waals surface area contributed by atoms with Gasteiger partial charge in [0.2, 0.25) is 0 Å². The summed E-state index contributed by atoms with van der Waals surface area (Å²) >= 11 is 0. The summed E-state index contributed by atoms with van der Waals surface area (Å²) in [6.45, 7) is 1.32. The van der Waals surface area contributed by atoms with E-state index in [1.54, 1.807) is 30.3 Å². The maximum atomic E-state index is 14.1. The lowest BCUT2D eigenvalue weighted by molar-refractivity contribution is -0.137. The number of ether oxygens (including phenoxy) is 1. The van der Waals surface area contributed by atoms with E-state index in [1.165, 1.54) is 13.0 Å². The summed E-state index contributed by atoms with van der Waals surface area (Å²) in [5, 5.41) is 21.7. The zero-order valence-corrected chi connectivity index (χ0v) is 16.0. The van der Waals surface area contributed by atoms with Crippen molar-refractivity contribution in [3.8, 4) is 5.75 Å². The number of hydrogen-bond acceptors (Lipinski definition) is 5. The van der Waals surface area contributed by atoms with E-state index in [-0.39, 0.29) is 24.1 Å². The number of nitrogens with zero attached hydrogens (tertiary/aromatic N) is 1. The van der Waals surface area contributed by atoms with E-state index in [9.17, 15) is 32.6 Å². The van der Waals surface area contributed by atoms with Gasteiger partial charge in [0.25, 0.3) is 0 Å². The number of phenolic OH excluding ortho intramolecular Hbond substituents is 1. The van der Waals surface area contributed by atoms with Gasteiger partial charge in [0, 0.05) is 11.6 Å². The molecule has 160 valence electrons. The van der Waals surface area contributed by atoms with Gasteiger partial charge in [-0.1, -0.05) is 30.3 Å². The number of carbonyl (C=O) groups is 1. The Hall–Kier alpha value is -3.88. The first-order valence-electron chi connectivity index (χ1n) is 8.94. The Balaban J connectivity index is 2.20. The van der Waals surface area contributed by atoms with Gasteiger partial charge in [-0.25, -0.2) is 22.4 Å². The number of aliphatic imine (C=N–C) groups is 1. The summed E-state index contributed by atoms with van der Waals surface area (Å²) in [5.41, 5.74) is -1.85. The molecule has 3 aromatic carbocycles. The number of fused-ring (bicyclic) bond motifs is 1. The number of carbonyl (C=O) groups excluding carboxylic acids is 1. The van der Waals surface area contributed by atoms with E-state index in [1.807, 2.05) is 0 Å². The van der Waals surface area contributed by atoms with Crippen molar-refractivity contribution in [1.29, 1.82) is 0 Å². The second-order valence-electron chi connectivity index (χ2n) is 6.24. The van der Waals surface area contributed by atoms with Crippen LogP contribution in [0.1, 0.15) is 12.5 Å². The molecule has 0 saturated carbocycles. The molecule has 31 heavy (non-hydrogen) atoms. The third-order valence-electron chi connectivity index (χ3n) is 4.31. The molecule has 0 saturated heterocycles. The molecule has 5 nitrogen and oxygen atoms in total. The SMILES string of the molecule is CCOC(=O)C(C=Nc1c(O)ccc2ccccc12)=C(O)c1cc(F)c(F)c(F)c1F. The Morgan fingerprint density at radius 2 is 1.77 bits per heavy atom. The van der Waals surface area contributed by atoms with Crippen molar-refractivity contribution in [2.75, 3.05) is 6.61 Å². The molecule has 0 unspecified atom stereocenters. The normalized spacial score (nSPS) is 12.3. The third kappa shape index (κ3) is 4.20. The van der Waals surface area contributed by atoms with Crippen LogP contribution in [0.3, 0.4) is 0 Å². The minimum absolute atomic E-state index is 0.0182. The number of benzene rings is 3. The molecular weight excluding hydrogens is 418 g/mol. The molecule has 0 aromatic heterocycles. The van der Waals surface area contributed by atoms with E-state index >= 15 is 0 Å². The van der Waals surface area contributed by atoms with Gasteiger partial charge in [0.05, 0.1) is 12.2 Å². The van der Waals surface area contributed by atoms with Crippen molar-refractivity contribution in [3.63, 3.8) is 0 Å². The van der Waals surface area contributed by atoms with Crippen LogP contribution < -0.4 is 0 Å². The van der Waals surface area contributed by atoms with Crippen molar-refractivity contribution in [2.45, 2.75) is 6.92 Å². The number of esters is 1. The van der Waals surface area contributed by atoms with Crippen LogP contribution in [-0.2, 0) is 9.53 Å². The molecule has 3 aromatic rings. The highest BCUT2D eigenvalue weighted by Crippen LogP contribution is 2.35. The summed E-state index contributed by atoms with van der Waals surface area (Å²) in [6.07, 6.45) is 0.757. The molecule has 0 fully saturated rings. The zero-order chi connectivity index (χ0) is 22.7. The molecule has 2 N–H and O–H groups in total. The summed E-state index contributed by atoms with van der Waals surface area (Å²) < 4.78 is 59.3. The summed E-state index contributed by atoms with van der Waals surface area (Å²) in [6, 6.07) is 10.00. The maximum Gasteiger partial charge on any atom is 0.343 e. The van der Waals surface area contributed by atoms with Gasteiger partial charge in [0.15, 0.2) is 23.3 Å². The van der Waals surface area contributed by atoms with Crippen LogP contribution in [0, 0.1) is 23.3 Å². The summed E-state index contributed by atoms with van der Waals surface area (Å²) in [5.74, 6) is -10.6. The van der Waals surface area contributed by atoms with E-state index in [4.69, 9.17) is 4.74 Å². The van der Waals surface area contributed by atoms with Crippen LogP contribution in [0.15, 0.2) is 53.0 Å². The quantitative estimate of drug-likeness (QED) is 0.108. The number of aromatic hydroxyl groups is 1. The zero-order valence-electron chi connectivity index (χ0n) is 16.0. The minimum atomic E-state index is -2.16. The van der Waals surface area contributed by atoms with Gasteiger partial charge < -0.3 is 14.9 Å². The molecule has 0 aliphatic carbocycles. The first-order chi connectivity index (χ1) is 14.8. The largest absolute Gasteiger partial charge is 0.506 e. The van der Waals surface area contributed by atoms with E-state index in [0.29, 0.717) is 10.8 Å². The van der Waals surface area contributed by atoms with Crippen molar-refractivity contribution in [1.82, 2.24) is 0 Å². The van der Waals surface area contributed by atoms with E-state index in [2.05, 4.69) is 4.99 Å². The van der Waals surface area contributed by atoms with Gasteiger partial charge in [-0.05, 0) is 24.4 Å². The molecule has 0 bridgehead atoms. The molecule has 0 atom stereocenters. The lowest BCUT2D eigenvalue weighted by Gasteiger charge is -2.10. The predicted octanol–water partition coefficient (Wildman–Crippen LogP) is 5.34. The Labute approximate surface area is 173 Å². The standard InChI is InChI=1S/C22H15F4NO4/c1-2-31-22(30)14(21(29)13-9-15(23)18(25)19(26)17(13)24)10-27-20-12-6-4-3-5-11(12)7-8-16(20)28/h3-10,28-29H,2H2,1H3. The molecule has 9 heteroatoms. The van der Waals surface area contributed by atoms with Gasteiger partial charge in [-0.2, -0.15) is 0 Å². The highest BCUT2D eigenvalue weighted by atomic mass is 19.2. The Morgan fingerprint density at radius 3 is 2.48 bits per heavy atom. The molecule has 3 rings (SSSR count). The average molecular weight is 433 g/mol. The molecule has 0 aliphatic rings. The minimum Gasteiger partial charge on any atom is -0.506 e. The van der Waals surface area contributed by atoms with Crippen LogP contribution >= 0.6 is 0 Å².